The summed E-state index contributed by atoms with van der Waals surface area (Å²) in [6.45, 7) is 0.892. The number of benzene rings is 2. The second-order valence-corrected chi connectivity index (χ2v) is 8.07. The molecule has 0 saturated heterocycles. The monoisotopic (exact) mass is 374 g/mol. The molecular weight excluding hydrogens is 360 g/mol. The van der Waals surface area contributed by atoms with Crippen LogP contribution in [0.5, 0.6) is 0 Å². The third-order valence-corrected chi connectivity index (χ3v) is 5.82. The Morgan fingerprint density at radius 3 is 2.84 bits per heavy atom. The first-order chi connectivity index (χ1) is 11.9. The van der Waals surface area contributed by atoms with Gasteiger partial charge in [0.2, 0.25) is 0 Å². The number of anilines is 2. The quantitative estimate of drug-likeness (QED) is 0.762. The molecule has 25 heavy (non-hydrogen) atoms. The third kappa shape index (κ3) is 3.01. The smallest absolute Gasteiger partial charge is 0.263 e. The van der Waals surface area contributed by atoms with E-state index in [-0.39, 0.29) is 10.7 Å². The van der Waals surface area contributed by atoms with Crippen LogP contribution < -0.4 is 9.62 Å². The molecule has 0 atom stereocenters. The molecule has 0 radical (unpaired) electrons. The van der Waals surface area contributed by atoms with Crippen molar-refractivity contribution in [3.63, 3.8) is 0 Å². The van der Waals surface area contributed by atoms with Gasteiger partial charge in [0.25, 0.3) is 10.0 Å². The number of halogens is 1. The largest absolute Gasteiger partial charge is 0.374 e. The van der Waals surface area contributed by atoms with Crippen LogP contribution in [0.25, 0.3) is 11.0 Å². The molecule has 0 saturated carbocycles. The maximum absolute atomic E-state index is 12.7. The van der Waals surface area contributed by atoms with Crippen LogP contribution in [-0.4, -0.2) is 32.0 Å². The predicted molar refractivity (Wildman–Crippen MR) is 98.8 cm³/mol. The lowest BCUT2D eigenvalue weighted by Gasteiger charge is -2.13. The Labute approximate surface area is 150 Å². The van der Waals surface area contributed by atoms with Gasteiger partial charge in [0.1, 0.15) is 0 Å². The Balaban J connectivity index is 1.67. The highest BCUT2D eigenvalue weighted by Gasteiger charge is 2.21. The number of likely N-dealkylation sites (N-methyl/N-ethyl adjacent to an activating group) is 1. The Morgan fingerprint density at radius 2 is 2.00 bits per heavy atom. The van der Waals surface area contributed by atoms with Crippen LogP contribution in [0.2, 0.25) is 5.02 Å². The van der Waals surface area contributed by atoms with Gasteiger partial charge >= 0.3 is 0 Å². The molecule has 1 aliphatic heterocycles. The van der Waals surface area contributed by atoms with Crippen molar-refractivity contribution in [2.75, 3.05) is 23.2 Å². The number of rotatable bonds is 3. The number of nitrogens with zero attached hydrogens (tertiary/aromatic N) is 3. The number of hydrogen-bond acceptors (Lipinski definition) is 5. The van der Waals surface area contributed by atoms with Gasteiger partial charge in [-0.1, -0.05) is 11.6 Å². The van der Waals surface area contributed by atoms with E-state index in [1.807, 2.05) is 13.1 Å². The zero-order chi connectivity index (χ0) is 17.6. The Morgan fingerprint density at radius 1 is 1.16 bits per heavy atom. The van der Waals surface area contributed by atoms with Crippen molar-refractivity contribution in [3.05, 3.63) is 53.2 Å². The molecule has 0 bridgehead atoms. The van der Waals surface area contributed by atoms with Crippen molar-refractivity contribution in [2.24, 2.45) is 0 Å². The molecule has 0 fully saturated rings. The van der Waals surface area contributed by atoms with E-state index in [0.717, 1.165) is 24.2 Å². The molecule has 0 aliphatic carbocycles. The summed E-state index contributed by atoms with van der Waals surface area (Å²) in [6, 6.07) is 10.3. The molecular formula is C17H15ClN4O2S. The van der Waals surface area contributed by atoms with Gasteiger partial charge in [-0.2, -0.15) is 0 Å². The van der Waals surface area contributed by atoms with Gasteiger partial charge in [0, 0.05) is 24.3 Å². The van der Waals surface area contributed by atoms with E-state index in [1.54, 1.807) is 30.3 Å². The lowest BCUT2D eigenvalue weighted by atomic mass is 10.2. The topological polar surface area (TPSA) is 75.2 Å². The van der Waals surface area contributed by atoms with Crippen molar-refractivity contribution in [1.82, 2.24) is 9.97 Å². The van der Waals surface area contributed by atoms with Crippen LogP contribution in [0.3, 0.4) is 0 Å². The predicted octanol–water partition coefficient (Wildman–Crippen LogP) is 3.08. The van der Waals surface area contributed by atoms with Gasteiger partial charge in [-0.15, -0.1) is 0 Å². The molecule has 0 unspecified atom stereocenters. The van der Waals surface area contributed by atoms with Crippen molar-refractivity contribution < 1.29 is 8.42 Å². The average Bonchev–Trinajstić information content (AvgIpc) is 2.95. The summed E-state index contributed by atoms with van der Waals surface area (Å²) < 4.78 is 27.8. The van der Waals surface area contributed by atoms with E-state index in [1.165, 1.54) is 6.20 Å². The maximum Gasteiger partial charge on any atom is 0.263 e. The van der Waals surface area contributed by atoms with E-state index >= 15 is 0 Å². The van der Waals surface area contributed by atoms with Gasteiger partial charge in [-0.05, 0) is 48.4 Å². The highest BCUT2D eigenvalue weighted by Crippen LogP contribution is 2.29. The number of nitrogens with one attached hydrogen (secondary N) is 1. The first kappa shape index (κ1) is 16.1. The fourth-order valence-corrected chi connectivity index (χ4v) is 4.14. The second kappa shape index (κ2) is 5.86. The highest BCUT2D eigenvalue weighted by molar-refractivity contribution is 7.92. The summed E-state index contributed by atoms with van der Waals surface area (Å²) in [5, 5.41) is 0.518. The molecule has 3 aromatic rings. The summed E-state index contributed by atoms with van der Waals surface area (Å²) in [5.74, 6) is 0.160. The van der Waals surface area contributed by atoms with E-state index in [4.69, 9.17) is 11.6 Å². The molecule has 4 rings (SSSR count). The van der Waals surface area contributed by atoms with Gasteiger partial charge in [0.15, 0.2) is 5.82 Å². The molecule has 8 heteroatoms. The fourth-order valence-electron chi connectivity index (χ4n) is 2.94. The summed E-state index contributed by atoms with van der Waals surface area (Å²) in [7, 11) is -1.74. The van der Waals surface area contributed by atoms with Crippen molar-refractivity contribution in [3.8, 4) is 0 Å². The van der Waals surface area contributed by atoms with E-state index < -0.39 is 10.0 Å². The van der Waals surface area contributed by atoms with Crippen LogP contribution >= 0.6 is 11.6 Å². The maximum atomic E-state index is 12.7. The minimum absolute atomic E-state index is 0.160. The average molecular weight is 375 g/mol. The minimum atomic E-state index is -3.74. The SMILES string of the molecule is CN1CCc2cc(S(=O)(=O)Nc3cnc4ccc(Cl)cc4n3)ccc21. The zero-order valence-corrected chi connectivity index (χ0v) is 15.0. The van der Waals surface area contributed by atoms with E-state index in [9.17, 15) is 8.42 Å². The van der Waals surface area contributed by atoms with Crippen LogP contribution in [0.4, 0.5) is 11.5 Å². The number of hydrogen-bond donors (Lipinski definition) is 1. The summed E-state index contributed by atoms with van der Waals surface area (Å²) >= 11 is 5.96. The van der Waals surface area contributed by atoms with Gasteiger partial charge in [0.05, 0.1) is 22.1 Å². The molecule has 1 aromatic heterocycles. The molecule has 0 spiro atoms. The fraction of sp³-hybridized carbons (Fsp3) is 0.176. The van der Waals surface area contributed by atoms with Crippen LogP contribution in [0.1, 0.15) is 5.56 Å². The zero-order valence-electron chi connectivity index (χ0n) is 13.4. The summed E-state index contributed by atoms with van der Waals surface area (Å²) in [6.07, 6.45) is 2.23. The lowest BCUT2D eigenvalue weighted by molar-refractivity contribution is 0.601. The molecule has 2 heterocycles. The molecule has 1 aliphatic rings. The van der Waals surface area contributed by atoms with Crippen molar-refractivity contribution in [1.29, 1.82) is 0 Å². The van der Waals surface area contributed by atoms with Crippen LogP contribution in [0.15, 0.2) is 47.5 Å². The Hall–Kier alpha value is -2.38. The summed E-state index contributed by atoms with van der Waals surface area (Å²) in [4.78, 5) is 10.8. The van der Waals surface area contributed by atoms with E-state index in [0.29, 0.717) is 16.1 Å². The van der Waals surface area contributed by atoms with Gasteiger partial charge in [-0.3, -0.25) is 9.71 Å². The molecule has 0 amide bonds. The number of aromatic nitrogens is 2. The molecule has 1 N–H and O–H groups in total. The summed E-state index contributed by atoms with van der Waals surface area (Å²) in [5.41, 5.74) is 3.28. The third-order valence-electron chi connectivity index (χ3n) is 4.23. The highest BCUT2D eigenvalue weighted by atomic mass is 35.5. The normalized spacial score (nSPS) is 13.9. The minimum Gasteiger partial charge on any atom is -0.374 e. The van der Waals surface area contributed by atoms with Crippen LogP contribution in [0, 0.1) is 0 Å². The Kier molecular flexibility index (Phi) is 3.77. The second-order valence-electron chi connectivity index (χ2n) is 5.96. The molecule has 2 aromatic carbocycles. The van der Waals surface area contributed by atoms with Gasteiger partial charge < -0.3 is 4.90 Å². The number of sulfonamides is 1. The lowest BCUT2D eigenvalue weighted by Crippen LogP contribution is -2.15. The van der Waals surface area contributed by atoms with E-state index in [2.05, 4.69) is 19.6 Å². The van der Waals surface area contributed by atoms with Crippen molar-refractivity contribution >= 4 is 44.2 Å². The number of fused-ring (bicyclic) bond motifs is 2. The standard InChI is InChI=1S/C17H15ClN4O2S/c1-22-7-6-11-8-13(3-5-16(11)22)25(23,24)21-17-10-19-14-4-2-12(18)9-15(14)20-17/h2-5,8-10H,6-7H2,1H3,(H,20,21). The Bertz CT molecular complexity index is 1090. The molecule has 128 valence electrons. The van der Waals surface area contributed by atoms with Crippen LogP contribution in [-0.2, 0) is 16.4 Å². The van der Waals surface area contributed by atoms with Gasteiger partial charge in [-0.25, -0.2) is 13.4 Å². The van der Waals surface area contributed by atoms with Crippen molar-refractivity contribution in [2.45, 2.75) is 11.3 Å². The molecule has 6 nitrogen and oxygen atoms in total. The first-order valence-electron chi connectivity index (χ1n) is 7.71. The first-order valence-corrected chi connectivity index (χ1v) is 9.58.